The molecule has 0 fully saturated rings. The fourth-order valence-electron chi connectivity index (χ4n) is 10.7. The summed E-state index contributed by atoms with van der Waals surface area (Å²) in [6.07, 6.45) is 0. The van der Waals surface area contributed by atoms with Crippen molar-refractivity contribution < 1.29 is 0 Å². The van der Waals surface area contributed by atoms with Crippen molar-refractivity contribution in [3.05, 3.63) is 259 Å². The molecule has 1 heterocycles. The van der Waals surface area contributed by atoms with Gasteiger partial charge < -0.3 is 0 Å². The van der Waals surface area contributed by atoms with Crippen LogP contribution >= 0.6 is 0 Å². The Hall–Kier alpha value is -8.53. The highest BCUT2D eigenvalue weighted by molar-refractivity contribution is 6.25. The molecule has 0 saturated carbocycles. The fourth-order valence-corrected chi connectivity index (χ4v) is 10.7. The molecule has 0 N–H and O–H groups in total. The lowest BCUT2D eigenvalue weighted by Gasteiger charge is -2.34. The maximum absolute atomic E-state index is 5.20. The second-order valence-electron chi connectivity index (χ2n) is 17.1. The Morgan fingerprint density at radius 1 is 0.277 bits per heavy atom. The van der Waals surface area contributed by atoms with Crippen molar-refractivity contribution in [2.45, 2.75) is 5.41 Å². The standard InChI is InChI=1S/C62H39N3/c1-5-16-43(17-6-1)59-63-60(44-18-7-2-8-19-44)65-61(64-59)47-34-37-53-55(39-47)62(48-24-9-3-10-25-48,49-26-11-4-12-27-49)54-29-15-28-51(58(53)54)46-23-14-22-45(38-46)50-35-32-42-31-30-40-20-13-21-41-33-36-52(50)57(42)56(40)41/h1-39H. The Balaban J connectivity index is 1.04. The third-order valence-electron chi connectivity index (χ3n) is 13.5. The third-order valence-corrected chi connectivity index (χ3v) is 13.5. The van der Waals surface area contributed by atoms with Gasteiger partial charge in [0.2, 0.25) is 0 Å². The maximum atomic E-state index is 5.20. The second-order valence-corrected chi connectivity index (χ2v) is 17.1. The summed E-state index contributed by atoms with van der Waals surface area (Å²) in [6, 6.07) is 85.6. The number of hydrogen-bond acceptors (Lipinski definition) is 3. The zero-order chi connectivity index (χ0) is 42.9. The number of nitrogens with zero attached hydrogens (tertiary/aromatic N) is 3. The lowest BCUT2D eigenvalue weighted by Crippen LogP contribution is -2.28. The van der Waals surface area contributed by atoms with Gasteiger partial charge in [0.25, 0.3) is 0 Å². The van der Waals surface area contributed by atoms with E-state index in [4.69, 9.17) is 15.0 Å². The van der Waals surface area contributed by atoms with Crippen molar-refractivity contribution in [2.75, 3.05) is 0 Å². The minimum Gasteiger partial charge on any atom is -0.208 e. The van der Waals surface area contributed by atoms with Crippen LogP contribution in [0.2, 0.25) is 0 Å². The van der Waals surface area contributed by atoms with Crippen LogP contribution in [-0.2, 0) is 5.41 Å². The zero-order valence-corrected chi connectivity index (χ0v) is 35.4. The Morgan fingerprint density at radius 2 is 0.754 bits per heavy atom. The van der Waals surface area contributed by atoms with Crippen LogP contribution in [0.3, 0.4) is 0 Å². The van der Waals surface area contributed by atoms with Crippen molar-refractivity contribution in [1.29, 1.82) is 0 Å². The number of hydrogen-bond donors (Lipinski definition) is 0. The molecule has 11 aromatic carbocycles. The van der Waals surface area contributed by atoms with E-state index in [0.29, 0.717) is 17.5 Å². The van der Waals surface area contributed by atoms with Crippen LogP contribution in [0.15, 0.2) is 237 Å². The lowest BCUT2D eigenvalue weighted by atomic mass is 9.67. The molecule has 65 heavy (non-hydrogen) atoms. The molecular weight excluding hydrogens is 787 g/mol. The van der Waals surface area contributed by atoms with E-state index in [-0.39, 0.29) is 0 Å². The first-order chi connectivity index (χ1) is 32.2. The van der Waals surface area contributed by atoms with Gasteiger partial charge in [0.1, 0.15) is 0 Å². The highest BCUT2D eigenvalue weighted by Crippen LogP contribution is 2.59. The van der Waals surface area contributed by atoms with E-state index in [1.807, 2.05) is 36.4 Å². The van der Waals surface area contributed by atoms with E-state index < -0.39 is 5.41 Å². The molecule has 302 valence electrons. The zero-order valence-electron chi connectivity index (χ0n) is 35.4. The number of aromatic nitrogens is 3. The highest BCUT2D eigenvalue weighted by Gasteiger charge is 2.47. The highest BCUT2D eigenvalue weighted by atomic mass is 15.0. The summed E-state index contributed by atoms with van der Waals surface area (Å²) in [5, 5.41) is 7.75. The molecule has 0 atom stereocenters. The Kier molecular flexibility index (Phi) is 8.44. The van der Waals surface area contributed by atoms with E-state index in [0.717, 1.165) is 16.7 Å². The van der Waals surface area contributed by atoms with Crippen LogP contribution in [0.5, 0.6) is 0 Å². The average molecular weight is 826 g/mol. The summed E-state index contributed by atoms with van der Waals surface area (Å²) in [7, 11) is 0. The molecule has 3 nitrogen and oxygen atoms in total. The summed E-state index contributed by atoms with van der Waals surface area (Å²) in [5.74, 6) is 1.91. The monoisotopic (exact) mass is 825 g/mol. The van der Waals surface area contributed by atoms with E-state index in [2.05, 4.69) is 200 Å². The average Bonchev–Trinajstić information content (AvgIpc) is 3.69. The first kappa shape index (κ1) is 37.1. The van der Waals surface area contributed by atoms with Gasteiger partial charge in [-0.15, -0.1) is 0 Å². The first-order valence-electron chi connectivity index (χ1n) is 22.3. The number of rotatable bonds is 7. The SMILES string of the molecule is c1ccc(-c2nc(-c3ccccc3)nc(-c3ccc4c(c3)C(c3ccccc3)(c3ccccc3)c3cccc(-c5cccc(-c6ccc7ccc8cccc9ccc6c7c89)c5)c3-4)n2)cc1. The summed E-state index contributed by atoms with van der Waals surface area (Å²) < 4.78 is 0. The van der Waals surface area contributed by atoms with Crippen molar-refractivity contribution >= 4 is 32.3 Å². The molecule has 1 aliphatic carbocycles. The van der Waals surface area contributed by atoms with Gasteiger partial charge in [-0.3, -0.25) is 0 Å². The van der Waals surface area contributed by atoms with Crippen molar-refractivity contribution in [3.8, 4) is 67.5 Å². The largest absolute Gasteiger partial charge is 0.208 e. The topological polar surface area (TPSA) is 38.7 Å². The van der Waals surface area contributed by atoms with Crippen LogP contribution in [0.1, 0.15) is 22.3 Å². The normalized spacial score (nSPS) is 12.7. The van der Waals surface area contributed by atoms with E-state index in [1.165, 1.54) is 88.0 Å². The smallest absolute Gasteiger partial charge is 0.164 e. The molecule has 12 aromatic rings. The molecule has 0 bridgehead atoms. The Labute approximate surface area is 377 Å². The van der Waals surface area contributed by atoms with Crippen LogP contribution in [-0.4, -0.2) is 15.0 Å². The number of benzene rings is 11. The van der Waals surface area contributed by atoms with Gasteiger partial charge in [0.05, 0.1) is 5.41 Å². The van der Waals surface area contributed by atoms with Crippen LogP contribution in [0, 0.1) is 0 Å². The lowest BCUT2D eigenvalue weighted by molar-refractivity contribution is 0.768. The summed E-state index contributed by atoms with van der Waals surface area (Å²) in [5.41, 5.74) is 14.3. The molecule has 13 rings (SSSR count). The third kappa shape index (κ3) is 5.79. The quantitative estimate of drug-likeness (QED) is 0.150. The van der Waals surface area contributed by atoms with Gasteiger partial charge in [0, 0.05) is 16.7 Å². The first-order valence-corrected chi connectivity index (χ1v) is 22.3. The Morgan fingerprint density at radius 3 is 1.38 bits per heavy atom. The minimum absolute atomic E-state index is 0.632. The van der Waals surface area contributed by atoms with Crippen LogP contribution in [0.4, 0.5) is 0 Å². The minimum atomic E-state index is -0.638. The molecule has 0 unspecified atom stereocenters. The van der Waals surface area contributed by atoms with Gasteiger partial charge in [-0.05, 0) is 100 Å². The van der Waals surface area contributed by atoms with E-state index >= 15 is 0 Å². The molecule has 0 aliphatic heterocycles. The summed E-state index contributed by atoms with van der Waals surface area (Å²) in [6.45, 7) is 0. The molecule has 1 aromatic heterocycles. The van der Waals surface area contributed by atoms with Crippen molar-refractivity contribution in [3.63, 3.8) is 0 Å². The van der Waals surface area contributed by atoms with E-state index in [9.17, 15) is 0 Å². The molecule has 1 aliphatic rings. The summed E-state index contributed by atoms with van der Waals surface area (Å²) >= 11 is 0. The number of fused-ring (bicyclic) bond motifs is 3. The maximum Gasteiger partial charge on any atom is 0.164 e. The second kappa shape index (κ2) is 14.8. The molecule has 0 radical (unpaired) electrons. The summed E-state index contributed by atoms with van der Waals surface area (Å²) in [4.78, 5) is 15.4. The van der Waals surface area contributed by atoms with Gasteiger partial charge in [-0.25, -0.2) is 15.0 Å². The van der Waals surface area contributed by atoms with Crippen molar-refractivity contribution in [1.82, 2.24) is 15.0 Å². The molecule has 0 amide bonds. The molecule has 3 heteroatoms. The van der Waals surface area contributed by atoms with Crippen molar-refractivity contribution in [2.24, 2.45) is 0 Å². The van der Waals surface area contributed by atoms with E-state index in [1.54, 1.807) is 0 Å². The van der Waals surface area contributed by atoms with Gasteiger partial charge in [-0.1, -0.05) is 224 Å². The van der Waals surface area contributed by atoms with Gasteiger partial charge in [0.15, 0.2) is 17.5 Å². The predicted octanol–water partition coefficient (Wildman–Crippen LogP) is 15.5. The molecule has 0 saturated heterocycles. The Bertz CT molecular complexity index is 3640. The fraction of sp³-hybridized carbons (Fsp3) is 0.0161. The van der Waals surface area contributed by atoms with Crippen LogP contribution < -0.4 is 0 Å². The van der Waals surface area contributed by atoms with Gasteiger partial charge in [-0.2, -0.15) is 0 Å². The predicted molar refractivity (Wildman–Crippen MR) is 268 cm³/mol. The molecule has 0 spiro atoms. The molecular formula is C62H39N3. The van der Waals surface area contributed by atoms with Gasteiger partial charge >= 0.3 is 0 Å². The van der Waals surface area contributed by atoms with Crippen LogP contribution in [0.25, 0.3) is 99.9 Å².